The highest BCUT2D eigenvalue weighted by Crippen LogP contribution is 2.27. The summed E-state index contributed by atoms with van der Waals surface area (Å²) < 4.78 is 25.9. The number of hydrogen-bond acceptors (Lipinski definition) is 1. The average molecular weight is 254 g/mol. The van der Waals surface area contributed by atoms with Gasteiger partial charge in [0.15, 0.2) is 11.6 Å². The lowest BCUT2D eigenvalue weighted by Crippen LogP contribution is -2.22. The van der Waals surface area contributed by atoms with E-state index in [9.17, 15) is 13.9 Å². The molecule has 0 spiro atoms. The molecule has 18 heavy (non-hydrogen) atoms. The van der Waals surface area contributed by atoms with Crippen LogP contribution in [0.15, 0.2) is 18.2 Å². The Labute approximate surface area is 107 Å². The van der Waals surface area contributed by atoms with Gasteiger partial charge in [0, 0.05) is 0 Å². The summed E-state index contributed by atoms with van der Waals surface area (Å²) in [7, 11) is 0. The Morgan fingerprint density at radius 3 is 2.33 bits per heavy atom. The number of rotatable bonds is 3. The van der Waals surface area contributed by atoms with Crippen LogP contribution in [0.25, 0.3) is 0 Å². The molecular formula is C15H20F2O. The van der Waals surface area contributed by atoms with Gasteiger partial charge < -0.3 is 5.11 Å². The van der Waals surface area contributed by atoms with Gasteiger partial charge in [-0.2, -0.15) is 0 Å². The van der Waals surface area contributed by atoms with E-state index in [0.717, 1.165) is 18.9 Å². The van der Waals surface area contributed by atoms with Crippen LogP contribution in [-0.4, -0.2) is 11.2 Å². The Bertz CT molecular complexity index is 384. The zero-order valence-electron chi connectivity index (χ0n) is 10.5. The molecule has 0 heterocycles. The Morgan fingerprint density at radius 2 is 1.72 bits per heavy atom. The van der Waals surface area contributed by atoms with E-state index in [1.165, 1.54) is 31.7 Å². The van der Waals surface area contributed by atoms with E-state index in [4.69, 9.17) is 0 Å². The molecule has 1 aromatic rings. The van der Waals surface area contributed by atoms with Crippen molar-refractivity contribution in [2.24, 2.45) is 5.92 Å². The van der Waals surface area contributed by atoms with Gasteiger partial charge in [0.2, 0.25) is 0 Å². The van der Waals surface area contributed by atoms with Gasteiger partial charge in [-0.25, -0.2) is 8.78 Å². The fourth-order valence-electron chi connectivity index (χ4n) is 2.77. The quantitative estimate of drug-likeness (QED) is 0.813. The van der Waals surface area contributed by atoms with Crippen molar-refractivity contribution < 1.29 is 13.9 Å². The number of aliphatic hydroxyl groups is 1. The summed E-state index contributed by atoms with van der Waals surface area (Å²) in [6.07, 6.45) is 6.90. The van der Waals surface area contributed by atoms with Crippen LogP contribution < -0.4 is 0 Å². The number of benzene rings is 1. The first-order valence-electron chi connectivity index (χ1n) is 6.79. The van der Waals surface area contributed by atoms with Gasteiger partial charge in [0.25, 0.3) is 0 Å². The topological polar surface area (TPSA) is 20.2 Å². The predicted octanol–water partition coefficient (Wildman–Crippen LogP) is 3.84. The van der Waals surface area contributed by atoms with Gasteiger partial charge >= 0.3 is 0 Å². The smallest absolute Gasteiger partial charge is 0.159 e. The van der Waals surface area contributed by atoms with Crippen molar-refractivity contribution in [1.82, 2.24) is 0 Å². The first-order chi connectivity index (χ1) is 8.66. The first kappa shape index (κ1) is 13.5. The van der Waals surface area contributed by atoms with Crippen molar-refractivity contribution in [2.75, 3.05) is 0 Å². The fraction of sp³-hybridized carbons (Fsp3) is 0.600. The van der Waals surface area contributed by atoms with Crippen LogP contribution >= 0.6 is 0 Å². The minimum Gasteiger partial charge on any atom is -0.392 e. The molecule has 1 unspecified atom stereocenters. The fourth-order valence-corrected chi connectivity index (χ4v) is 2.77. The van der Waals surface area contributed by atoms with Crippen LogP contribution in [0, 0.1) is 17.6 Å². The lowest BCUT2D eigenvalue weighted by molar-refractivity contribution is 0.0985. The van der Waals surface area contributed by atoms with E-state index in [-0.39, 0.29) is 0 Å². The van der Waals surface area contributed by atoms with Crippen LogP contribution in [0.1, 0.15) is 44.1 Å². The molecule has 0 radical (unpaired) electrons. The van der Waals surface area contributed by atoms with Crippen LogP contribution in [0.3, 0.4) is 0 Å². The molecular weight excluding hydrogens is 234 g/mol. The highest BCUT2D eigenvalue weighted by atomic mass is 19.2. The van der Waals surface area contributed by atoms with Gasteiger partial charge in [0.1, 0.15) is 0 Å². The first-order valence-corrected chi connectivity index (χ1v) is 6.79. The van der Waals surface area contributed by atoms with Crippen LogP contribution in [-0.2, 0) is 6.42 Å². The third kappa shape index (κ3) is 3.52. The van der Waals surface area contributed by atoms with E-state index >= 15 is 0 Å². The molecule has 2 rings (SSSR count). The van der Waals surface area contributed by atoms with Gasteiger partial charge in [0.05, 0.1) is 6.10 Å². The van der Waals surface area contributed by atoms with Crippen molar-refractivity contribution in [3.05, 3.63) is 35.4 Å². The molecule has 0 bridgehead atoms. The van der Waals surface area contributed by atoms with Crippen LogP contribution in [0.5, 0.6) is 0 Å². The maximum atomic E-state index is 13.1. The Morgan fingerprint density at radius 1 is 1.06 bits per heavy atom. The summed E-state index contributed by atoms with van der Waals surface area (Å²) in [6, 6.07) is 3.87. The molecule has 1 aromatic carbocycles. The molecule has 3 heteroatoms. The van der Waals surface area contributed by atoms with E-state index in [2.05, 4.69) is 0 Å². The van der Waals surface area contributed by atoms with E-state index in [0.29, 0.717) is 17.9 Å². The molecule has 1 nitrogen and oxygen atoms in total. The molecule has 0 amide bonds. The number of aliphatic hydroxyl groups excluding tert-OH is 1. The minimum atomic E-state index is -0.833. The monoisotopic (exact) mass is 254 g/mol. The van der Waals surface area contributed by atoms with E-state index < -0.39 is 17.7 Å². The molecule has 1 aliphatic rings. The van der Waals surface area contributed by atoms with E-state index in [1.54, 1.807) is 6.07 Å². The molecule has 0 aliphatic heterocycles. The van der Waals surface area contributed by atoms with Crippen molar-refractivity contribution in [3.63, 3.8) is 0 Å². The summed E-state index contributed by atoms with van der Waals surface area (Å²) in [4.78, 5) is 0. The van der Waals surface area contributed by atoms with Gasteiger partial charge in [-0.3, -0.25) is 0 Å². The Balaban J connectivity index is 1.96. The summed E-state index contributed by atoms with van der Waals surface area (Å²) in [6.45, 7) is 0. The highest BCUT2D eigenvalue weighted by molar-refractivity contribution is 5.18. The SMILES string of the molecule is OC(Cc1ccc(F)c(F)c1)C1CCCCCC1. The zero-order valence-corrected chi connectivity index (χ0v) is 10.5. The Kier molecular flexibility index (Phi) is 4.70. The minimum absolute atomic E-state index is 0.306. The highest BCUT2D eigenvalue weighted by Gasteiger charge is 2.21. The van der Waals surface area contributed by atoms with E-state index in [1.807, 2.05) is 0 Å². The van der Waals surface area contributed by atoms with Crippen molar-refractivity contribution >= 4 is 0 Å². The number of halogens is 2. The van der Waals surface area contributed by atoms with Crippen molar-refractivity contribution in [2.45, 2.75) is 51.0 Å². The summed E-state index contributed by atoms with van der Waals surface area (Å²) in [5, 5.41) is 10.2. The molecule has 1 aliphatic carbocycles. The molecule has 0 saturated heterocycles. The van der Waals surface area contributed by atoms with Crippen molar-refractivity contribution in [3.8, 4) is 0 Å². The third-order valence-corrected chi connectivity index (χ3v) is 3.87. The summed E-state index contributed by atoms with van der Waals surface area (Å²) in [5.41, 5.74) is 0.672. The molecule has 100 valence electrons. The molecule has 1 atom stereocenters. The van der Waals surface area contributed by atoms with Crippen LogP contribution in [0.2, 0.25) is 0 Å². The lowest BCUT2D eigenvalue weighted by atomic mass is 9.90. The second kappa shape index (κ2) is 6.28. The Hall–Kier alpha value is -0.960. The van der Waals surface area contributed by atoms with Crippen molar-refractivity contribution in [1.29, 1.82) is 0 Å². The summed E-state index contributed by atoms with van der Waals surface area (Å²) >= 11 is 0. The van der Waals surface area contributed by atoms with Gasteiger partial charge in [-0.15, -0.1) is 0 Å². The normalized spacial score (nSPS) is 19.5. The second-order valence-corrected chi connectivity index (χ2v) is 5.27. The third-order valence-electron chi connectivity index (χ3n) is 3.87. The molecule has 1 fully saturated rings. The molecule has 1 saturated carbocycles. The van der Waals surface area contributed by atoms with Gasteiger partial charge in [-0.1, -0.05) is 31.7 Å². The standard InChI is InChI=1S/C15H20F2O/c16-13-8-7-11(9-14(13)17)10-15(18)12-5-3-1-2-4-6-12/h7-9,12,15,18H,1-6,10H2. The number of hydrogen-bond donors (Lipinski definition) is 1. The summed E-state index contributed by atoms with van der Waals surface area (Å²) in [5.74, 6) is -1.36. The lowest BCUT2D eigenvalue weighted by Gasteiger charge is -2.21. The maximum absolute atomic E-state index is 13.1. The largest absolute Gasteiger partial charge is 0.392 e. The molecule has 0 aromatic heterocycles. The zero-order chi connectivity index (χ0) is 13.0. The average Bonchev–Trinajstić information content (AvgIpc) is 2.62. The predicted molar refractivity (Wildman–Crippen MR) is 67.3 cm³/mol. The van der Waals surface area contributed by atoms with Crippen LogP contribution in [0.4, 0.5) is 8.78 Å². The van der Waals surface area contributed by atoms with Gasteiger partial charge in [-0.05, 0) is 42.9 Å². The maximum Gasteiger partial charge on any atom is 0.159 e. The second-order valence-electron chi connectivity index (χ2n) is 5.27. The molecule has 1 N–H and O–H groups in total.